The molecule has 0 spiro atoms. The minimum Gasteiger partial charge on any atom is -0.475 e. The van der Waals surface area contributed by atoms with E-state index in [2.05, 4.69) is 8.76 Å². The Morgan fingerprint density at radius 2 is 1.41 bits per heavy atom. The highest BCUT2D eigenvalue weighted by Gasteiger charge is 2.39. The number of sulfonamides is 1. The number of hydrogen-bond acceptors (Lipinski definition) is 11. The fourth-order valence-corrected chi connectivity index (χ4v) is 10.6. The number of rotatable bonds is 9. The summed E-state index contributed by atoms with van der Waals surface area (Å²) >= 11 is 2.29. The molecule has 0 saturated carbocycles. The highest BCUT2D eigenvalue weighted by Crippen LogP contribution is 2.40. The molecule has 26 heteroatoms. The van der Waals surface area contributed by atoms with Crippen molar-refractivity contribution >= 4 is 78.0 Å². The molecule has 1 aromatic heterocycles. The van der Waals surface area contributed by atoms with Crippen LogP contribution in [0.25, 0.3) is 11.1 Å². The fourth-order valence-electron chi connectivity index (χ4n) is 4.00. The zero-order valence-corrected chi connectivity index (χ0v) is 31.4. The van der Waals surface area contributed by atoms with E-state index in [1.54, 1.807) is 42.7 Å². The molecule has 1 heterocycles. The summed E-state index contributed by atoms with van der Waals surface area (Å²) in [6.07, 6.45) is -8.45. The number of thioether (sulfide) groups is 1. The van der Waals surface area contributed by atoms with Gasteiger partial charge in [0.2, 0.25) is 0 Å². The average Bonchev–Trinajstić information content (AvgIpc) is 3.54. The van der Waals surface area contributed by atoms with Crippen LogP contribution < -0.4 is 17.2 Å². The van der Waals surface area contributed by atoms with Gasteiger partial charge in [-0.15, -0.1) is 23.1 Å². The van der Waals surface area contributed by atoms with Gasteiger partial charge in [-0.1, -0.05) is 28.0 Å². The van der Waals surface area contributed by atoms with Crippen molar-refractivity contribution < 1.29 is 63.7 Å². The molecule has 4 aromatic rings. The monoisotopic (exact) mass is 871 g/mol. The van der Waals surface area contributed by atoms with Gasteiger partial charge in [0.15, 0.2) is 5.96 Å². The third kappa shape index (κ3) is 12.4. The lowest BCUT2D eigenvalue weighted by molar-refractivity contribution is -0.385. The van der Waals surface area contributed by atoms with E-state index in [0.29, 0.717) is 15.5 Å². The maximum Gasteiger partial charge on any atom is 0.490 e. The first-order valence-corrected chi connectivity index (χ1v) is 19.3. The summed E-state index contributed by atoms with van der Waals surface area (Å²) in [6, 6.07) is 17.5. The number of carboxylic acid groups (broad SMARTS) is 2. The van der Waals surface area contributed by atoms with Crippen molar-refractivity contribution in [3.63, 3.8) is 0 Å². The molecule has 16 nitrogen and oxygen atoms in total. The predicted octanol–water partition coefficient (Wildman–Crippen LogP) is 6.08. The SMILES string of the molecule is CSc1sc(C(=N)N)cc1S(=O)(=NS(=O)(=O)c1cccc([N+](=O)[O-])c1)c1cccc(-c2ccc(N=C(N)N)cc2C)c1.O=C(O)C(F)(F)F.O=C(O)C(F)(F)F. The lowest BCUT2D eigenvalue weighted by Gasteiger charge is -2.14. The van der Waals surface area contributed by atoms with Crippen LogP contribution in [0.3, 0.4) is 0 Å². The third-order valence-corrected chi connectivity index (χ3v) is 13.2. The number of nitro benzene ring substituents is 1. The number of carbonyl (C=O) groups is 2. The molecule has 0 bridgehead atoms. The van der Waals surface area contributed by atoms with Gasteiger partial charge in [0, 0.05) is 12.1 Å². The number of nitrogen functional groups attached to an aromatic ring is 1. The van der Waals surface area contributed by atoms with Crippen LogP contribution >= 0.6 is 23.1 Å². The number of non-ortho nitro benzene ring substituents is 1. The molecule has 0 aliphatic rings. The lowest BCUT2D eigenvalue weighted by Crippen LogP contribution is -2.21. The molecule has 0 radical (unpaired) electrons. The number of benzene rings is 3. The van der Waals surface area contributed by atoms with E-state index < -0.39 is 59.5 Å². The summed E-state index contributed by atoms with van der Waals surface area (Å²) in [4.78, 5) is 32.3. The molecule has 0 fully saturated rings. The molecule has 3 aromatic carbocycles. The molecule has 56 heavy (non-hydrogen) atoms. The van der Waals surface area contributed by atoms with Crippen LogP contribution in [0.2, 0.25) is 0 Å². The summed E-state index contributed by atoms with van der Waals surface area (Å²) in [5.74, 6) is -5.89. The number of alkyl halides is 6. The summed E-state index contributed by atoms with van der Waals surface area (Å²) < 4.78 is 110. The quantitative estimate of drug-likeness (QED) is 0.0278. The van der Waals surface area contributed by atoms with Crippen LogP contribution in [0, 0.1) is 22.4 Å². The van der Waals surface area contributed by atoms with E-state index in [0.717, 1.165) is 40.7 Å². The number of nitro groups is 1. The molecule has 1 unspecified atom stereocenters. The minimum atomic E-state index is -5.08. The molecule has 9 N–H and O–H groups in total. The zero-order chi connectivity index (χ0) is 43.0. The van der Waals surface area contributed by atoms with Crippen LogP contribution in [0.4, 0.5) is 37.7 Å². The van der Waals surface area contributed by atoms with Crippen molar-refractivity contribution in [2.24, 2.45) is 26.0 Å². The number of nitrogens with zero attached hydrogens (tertiary/aromatic N) is 3. The summed E-state index contributed by atoms with van der Waals surface area (Å²) in [5, 5.41) is 33.4. The number of thiophene rings is 1. The van der Waals surface area contributed by atoms with Crippen molar-refractivity contribution in [1.82, 2.24) is 0 Å². The molecule has 1 atom stereocenters. The van der Waals surface area contributed by atoms with Gasteiger partial charge in [0.25, 0.3) is 15.7 Å². The molecular weight excluding hydrogens is 845 g/mol. The van der Waals surface area contributed by atoms with Crippen molar-refractivity contribution in [2.45, 2.75) is 38.2 Å². The highest BCUT2D eigenvalue weighted by molar-refractivity contribution is 8.05. The Morgan fingerprint density at radius 1 is 0.875 bits per heavy atom. The standard InChI is InChI=1S/C26H25N7O5S4.2C2HF3O2/c1-15-11-17(31-26(29)30)9-10-21(15)16-5-3-7-19(12-16)41(36,23-14-22(24(27)28)40-25(23)39-2)32-42(37,38)20-8-4-6-18(13-20)33(34)35;2*3-2(4,5)1(6)7/h3-14H,1-2H3,(H3,27,28)(H4,29,30,31);2*(H,6,7). The van der Waals surface area contributed by atoms with Gasteiger partial charge in [-0.25, -0.2) is 18.8 Å². The number of aliphatic imine (C=N–C) groups is 1. The first kappa shape index (κ1) is 46.4. The van der Waals surface area contributed by atoms with E-state index in [-0.39, 0.29) is 26.5 Å². The lowest BCUT2D eigenvalue weighted by atomic mass is 10.0. The summed E-state index contributed by atoms with van der Waals surface area (Å²) in [5.41, 5.74) is 18.9. The van der Waals surface area contributed by atoms with E-state index in [4.69, 9.17) is 42.4 Å². The van der Waals surface area contributed by atoms with Gasteiger partial charge in [0.1, 0.15) is 15.6 Å². The Morgan fingerprint density at radius 3 is 1.88 bits per heavy atom. The second-order valence-corrected chi connectivity index (χ2v) is 16.5. The number of hydrogen-bond donors (Lipinski definition) is 6. The van der Waals surface area contributed by atoms with Gasteiger partial charge in [-0.3, -0.25) is 15.5 Å². The fraction of sp³-hybridized carbons (Fsp3) is 0.133. The number of halogens is 6. The second kappa shape index (κ2) is 18.3. The number of nitrogens with two attached hydrogens (primary N) is 3. The van der Waals surface area contributed by atoms with E-state index in [1.165, 1.54) is 30.0 Å². The van der Waals surface area contributed by atoms with Crippen molar-refractivity contribution in [2.75, 3.05) is 6.26 Å². The molecular formula is C30H27F6N7O9S4. The van der Waals surface area contributed by atoms with Crippen molar-refractivity contribution in [3.8, 4) is 11.1 Å². The number of aliphatic carboxylic acids is 2. The first-order valence-electron chi connectivity index (χ1n) is 14.3. The molecule has 0 aliphatic carbocycles. The summed E-state index contributed by atoms with van der Waals surface area (Å²) in [6.45, 7) is 1.84. The van der Waals surface area contributed by atoms with Gasteiger partial charge in [-0.05, 0) is 66.3 Å². The predicted molar refractivity (Wildman–Crippen MR) is 194 cm³/mol. The van der Waals surface area contributed by atoms with Crippen LogP contribution in [-0.2, 0) is 29.3 Å². The van der Waals surface area contributed by atoms with Crippen LogP contribution in [-0.4, -0.2) is 70.1 Å². The smallest absolute Gasteiger partial charge is 0.475 e. The molecule has 0 amide bonds. The topological polar surface area (TPSA) is 296 Å². The maximum absolute atomic E-state index is 15.0. The van der Waals surface area contributed by atoms with E-state index in [1.807, 2.05) is 6.92 Å². The number of nitrogens with one attached hydrogen (secondary N) is 1. The van der Waals surface area contributed by atoms with Gasteiger partial charge in [0.05, 0.1) is 34.4 Å². The number of guanidine groups is 1. The molecule has 0 saturated heterocycles. The third-order valence-electron chi connectivity index (χ3n) is 6.36. The van der Waals surface area contributed by atoms with Gasteiger partial charge < -0.3 is 27.4 Å². The van der Waals surface area contributed by atoms with E-state index >= 15 is 4.21 Å². The first-order chi connectivity index (χ1) is 25.6. The molecule has 4 rings (SSSR count). The van der Waals surface area contributed by atoms with E-state index in [9.17, 15) is 44.9 Å². The van der Waals surface area contributed by atoms with Gasteiger partial charge in [-0.2, -0.15) is 34.8 Å². The van der Waals surface area contributed by atoms with Crippen molar-refractivity contribution in [3.05, 3.63) is 93.4 Å². The zero-order valence-electron chi connectivity index (χ0n) is 28.2. The largest absolute Gasteiger partial charge is 0.490 e. The molecule has 0 aliphatic heterocycles. The number of amidine groups is 1. The van der Waals surface area contributed by atoms with Crippen LogP contribution in [0.5, 0.6) is 0 Å². The number of carboxylic acids is 2. The normalized spacial score (nSPS) is 12.4. The Balaban J connectivity index is 0.000000657. The highest BCUT2D eigenvalue weighted by atomic mass is 32.3. The minimum absolute atomic E-state index is 0.0659. The Kier molecular flexibility index (Phi) is 15.1. The second-order valence-electron chi connectivity index (χ2n) is 10.4. The van der Waals surface area contributed by atoms with Crippen LogP contribution in [0.15, 0.2) is 100 Å². The molecule has 302 valence electrons. The van der Waals surface area contributed by atoms with Crippen molar-refractivity contribution in [1.29, 1.82) is 5.41 Å². The van der Waals surface area contributed by atoms with Crippen LogP contribution in [0.1, 0.15) is 10.4 Å². The Labute approximate surface area is 320 Å². The Hall–Kier alpha value is -5.73. The number of aryl methyl sites for hydroxylation is 1. The summed E-state index contributed by atoms with van der Waals surface area (Å²) in [7, 11) is -8.65. The maximum atomic E-state index is 15.0. The Bertz CT molecular complexity index is 2400. The average molecular weight is 872 g/mol. The van der Waals surface area contributed by atoms with Gasteiger partial charge >= 0.3 is 24.3 Å².